The largest absolute Gasteiger partial charge is 0.392 e. The van der Waals surface area contributed by atoms with Crippen molar-refractivity contribution >= 4 is 16.8 Å². The minimum absolute atomic E-state index is 0.0106. The van der Waals surface area contributed by atoms with Gasteiger partial charge in [0.2, 0.25) is 0 Å². The van der Waals surface area contributed by atoms with E-state index >= 15 is 0 Å². The molecule has 1 aromatic heterocycles. The maximum atomic E-state index is 13.1. The molecule has 3 aromatic rings. The van der Waals surface area contributed by atoms with Crippen molar-refractivity contribution in [1.82, 2.24) is 15.0 Å². The van der Waals surface area contributed by atoms with Crippen LogP contribution in [0.5, 0.6) is 0 Å². The fraction of sp³-hybridized carbons (Fsp3) is 0.350. The Balaban J connectivity index is 1.79. The summed E-state index contributed by atoms with van der Waals surface area (Å²) in [5.74, 6) is -0.344. The van der Waals surface area contributed by atoms with Gasteiger partial charge >= 0.3 is 0 Å². The molecule has 0 spiro atoms. The summed E-state index contributed by atoms with van der Waals surface area (Å²) in [5, 5.41) is 19.3. The van der Waals surface area contributed by atoms with Crippen LogP contribution >= 0.6 is 0 Å². The molecule has 25 heavy (non-hydrogen) atoms. The van der Waals surface area contributed by atoms with Crippen molar-refractivity contribution in [2.75, 3.05) is 0 Å². The van der Waals surface area contributed by atoms with E-state index in [0.717, 1.165) is 35.9 Å². The SMILES string of the molecule is Cc1ccc(C(=O)C2CCCCC2O)c(-n2nc3ccccc3n2)c1. The average Bonchev–Trinajstić information content (AvgIpc) is 3.05. The van der Waals surface area contributed by atoms with Gasteiger partial charge in [-0.1, -0.05) is 31.0 Å². The molecule has 2 aromatic carbocycles. The van der Waals surface area contributed by atoms with Crippen LogP contribution in [0.25, 0.3) is 16.7 Å². The second-order valence-electron chi connectivity index (χ2n) is 6.82. The number of fused-ring (bicyclic) bond motifs is 1. The molecule has 0 amide bonds. The monoisotopic (exact) mass is 335 g/mol. The van der Waals surface area contributed by atoms with Crippen LogP contribution in [0.2, 0.25) is 0 Å². The van der Waals surface area contributed by atoms with Crippen molar-refractivity contribution in [3.05, 3.63) is 53.6 Å². The third kappa shape index (κ3) is 2.96. The van der Waals surface area contributed by atoms with E-state index in [4.69, 9.17) is 0 Å². The molecule has 0 saturated heterocycles. The van der Waals surface area contributed by atoms with Crippen LogP contribution in [-0.2, 0) is 0 Å². The minimum Gasteiger partial charge on any atom is -0.392 e. The Hall–Kier alpha value is -2.53. The zero-order chi connectivity index (χ0) is 17.4. The quantitative estimate of drug-likeness (QED) is 0.744. The number of benzene rings is 2. The fourth-order valence-electron chi connectivity index (χ4n) is 3.60. The third-order valence-electron chi connectivity index (χ3n) is 4.99. The fourth-order valence-corrected chi connectivity index (χ4v) is 3.60. The van der Waals surface area contributed by atoms with Crippen LogP contribution in [0.1, 0.15) is 41.6 Å². The molecular formula is C20H21N3O2. The zero-order valence-corrected chi connectivity index (χ0v) is 14.2. The van der Waals surface area contributed by atoms with Gasteiger partial charge in [0.1, 0.15) is 11.0 Å². The lowest BCUT2D eigenvalue weighted by atomic mass is 9.81. The number of ketones is 1. The molecule has 0 aliphatic heterocycles. The number of aliphatic hydroxyl groups is 1. The molecule has 2 unspecified atom stereocenters. The van der Waals surface area contributed by atoms with Gasteiger partial charge in [0.05, 0.1) is 11.8 Å². The standard InChI is InChI=1S/C20H21N3O2/c1-13-10-11-14(20(25)15-6-2-5-9-19(15)24)18(12-13)23-21-16-7-3-4-8-17(16)22-23/h3-4,7-8,10-12,15,19,24H,2,5-6,9H2,1H3. The van der Waals surface area contributed by atoms with E-state index in [1.807, 2.05) is 49.4 Å². The molecule has 128 valence electrons. The number of aliphatic hydroxyl groups excluding tert-OH is 1. The van der Waals surface area contributed by atoms with Crippen LogP contribution in [0.3, 0.4) is 0 Å². The number of hydrogen-bond donors (Lipinski definition) is 1. The Kier molecular flexibility index (Phi) is 4.09. The van der Waals surface area contributed by atoms with E-state index in [2.05, 4.69) is 10.2 Å². The van der Waals surface area contributed by atoms with E-state index in [1.54, 1.807) is 4.80 Å². The first-order valence-corrected chi connectivity index (χ1v) is 8.79. The molecule has 0 bridgehead atoms. The lowest BCUT2D eigenvalue weighted by Gasteiger charge is -2.26. The third-order valence-corrected chi connectivity index (χ3v) is 4.99. The summed E-state index contributed by atoms with van der Waals surface area (Å²) in [5.41, 5.74) is 3.88. The molecule has 1 aliphatic rings. The number of hydrogen-bond acceptors (Lipinski definition) is 4. The Morgan fingerprint density at radius 3 is 2.44 bits per heavy atom. The molecule has 0 radical (unpaired) electrons. The number of rotatable bonds is 3. The molecule has 1 aliphatic carbocycles. The number of carbonyl (C=O) groups is 1. The van der Waals surface area contributed by atoms with Crippen LogP contribution in [0.4, 0.5) is 0 Å². The Morgan fingerprint density at radius 2 is 1.76 bits per heavy atom. The van der Waals surface area contributed by atoms with Gasteiger partial charge in [-0.15, -0.1) is 15.0 Å². The summed E-state index contributed by atoms with van der Waals surface area (Å²) in [6, 6.07) is 13.3. The normalized spacial score (nSPS) is 20.7. The van der Waals surface area contributed by atoms with Crippen molar-refractivity contribution in [3.8, 4) is 5.69 Å². The van der Waals surface area contributed by atoms with Gasteiger partial charge in [-0.25, -0.2) is 0 Å². The zero-order valence-electron chi connectivity index (χ0n) is 14.2. The van der Waals surface area contributed by atoms with Crippen LogP contribution in [-0.4, -0.2) is 32.0 Å². The second-order valence-corrected chi connectivity index (χ2v) is 6.82. The van der Waals surface area contributed by atoms with Gasteiger partial charge < -0.3 is 5.11 Å². The summed E-state index contributed by atoms with van der Waals surface area (Å²) in [6.07, 6.45) is 2.85. The first kappa shape index (κ1) is 16.0. The van der Waals surface area contributed by atoms with Gasteiger partial charge in [-0.3, -0.25) is 4.79 Å². The molecule has 1 fully saturated rings. The highest BCUT2D eigenvalue weighted by Gasteiger charge is 2.31. The van der Waals surface area contributed by atoms with Gasteiger partial charge in [0.15, 0.2) is 5.78 Å². The Morgan fingerprint density at radius 1 is 1.08 bits per heavy atom. The highest BCUT2D eigenvalue weighted by Crippen LogP contribution is 2.29. The Labute approximate surface area is 146 Å². The molecule has 1 heterocycles. The lowest BCUT2D eigenvalue weighted by molar-refractivity contribution is 0.0525. The summed E-state index contributed by atoms with van der Waals surface area (Å²) >= 11 is 0. The summed E-state index contributed by atoms with van der Waals surface area (Å²) < 4.78 is 0. The molecule has 2 atom stereocenters. The lowest BCUT2D eigenvalue weighted by Crippen LogP contribution is -2.32. The maximum absolute atomic E-state index is 13.1. The maximum Gasteiger partial charge on any atom is 0.170 e. The van der Waals surface area contributed by atoms with Crippen molar-refractivity contribution in [2.45, 2.75) is 38.7 Å². The smallest absolute Gasteiger partial charge is 0.170 e. The Bertz CT molecular complexity index is 899. The molecule has 5 heteroatoms. The van der Waals surface area contributed by atoms with Crippen LogP contribution < -0.4 is 0 Å². The number of Topliss-reactive ketones (excluding diaryl/α,β-unsaturated/α-hetero) is 1. The molecule has 5 nitrogen and oxygen atoms in total. The van der Waals surface area contributed by atoms with E-state index in [-0.39, 0.29) is 11.7 Å². The first-order valence-electron chi connectivity index (χ1n) is 8.79. The number of nitrogens with zero attached hydrogens (tertiary/aromatic N) is 3. The minimum atomic E-state index is -0.556. The van der Waals surface area contributed by atoms with Crippen molar-refractivity contribution in [3.63, 3.8) is 0 Å². The molecular weight excluding hydrogens is 314 g/mol. The van der Waals surface area contributed by atoms with Gasteiger partial charge in [-0.05, 0) is 49.6 Å². The predicted octanol–water partition coefficient (Wildman–Crippen LogP) is 3.46. The van der Waals surface area contributed by atoms with E-state index < -0.39 is 6.10 Å². The average molecular weight is 335 g/mol. The summed E-state index contributed by atoms with van der Waals surface area (Å²) in [7, 11) is 0. The van der Waals surface area contributed by atoms with E-state index in [1.165, 1.54) is 0 Å². The van der Waals surface area contributed by atoms with Gasteiger partial charge in [-0.2, -0.15) is 0 Å². The van der Waals surface area contributed by atoms with Crippen LogP contribution in [0, 0.1) is 12.8 Å². The van der Waals surface area contributed by atoms with E-state index in [0.29, 0.717) is 17.7 Å². The first-order chi connectivity index (χ1) is 12.1. The summed E-state index contributed by atoms with van der Waals surface area (Å²) in [4.78, 5) is 14.6. The predicted molar refractivity (Wildman–Crippen MR) is 95.9 cm³/mol. The second kappa shape index (κ2) is 6.41. The highest BCUT2D eigenvalue weighted by atomic mass is 16.3. The van der Waals surface area contributed by atoms with Gasteiger partial charge in [0.25, 0.3) is 0 Å². The molecule has 1 saturated carbocycles. The molecule has 4 rings (SSSR count). The molecule has 1 N–H and O–H groups in total. The summed E-state index contributed by atoms with van der Waals surface area (Å²) in [6.45, 7) is 1.98. The number of aromatic nitrogens is 3. The van der Waals surface area contributed by atoms with Crippen molar-refractivity contribution in [1.29, 1.82) is 0 Å². The van der Waals surface area contributed by atoms with Crippen molar-refractivity contribution < 1.29 is 9.90 Å². The van der Waals surface area contributed by atoms with Crippen molar-refractivity contribution in [2.24, 2.45) is 5.92 Å². The van der Waals surface area contributed by atoms with Gasteiger partial charge in [0, 0.05) is 11.5 Å². The van der Waals surface area contributed by atoms with Crippen LogP contribution in [0.15, 0.2) is 42.5 Å². The van der Waals surface area contributed by atoms with E-state index in [9.17, 15) is 9.90 Å². The number of aryl methyl sites for hydroxylation is 1. The topological polar surface area (TPSA) is 68.0 Å². The highest BCUT2D eigenvalue weighted by molar-refractivity contribution is 6.01. The number of carbonyl (C=O) groups excluding carboxylic acids is 1.